The molecule has 2 aromatic carbocycles. The summed E-state index contributed by atoms with van der Waals surface area (Å²) >= 11 is 7.11. The van der Waals surface area contributed by atoms with Crippen LogP contribution in [0.1, 0.15) is 18.6 Å². The molecule has 36 heavy (non-hydrogen) atoms. The summed E-state index contributed by atoms with van der Waals surface area (Å²) in [5, 5.41) is 19.6. The zero-order valence-corrected chi connectivity index (χ0v) is 20.5. The lowest BCUT2D eigenvalue weighted by Gasteiger charge is -2.28. The Labute approximate surface area is 216 Å². The van der Waals surface area contributed by atoms with E-state index in [0.717, 1.165) is 11.8 Å². The summed E-state index contributed by atoms with van der Waals surface area (Å²) in [5.41, 5.74) is 1.97. The van der Waals surface area contributed by atoms with Gasteiger partial charge in [-0.2, -0.15) is 5.26 Å². The summed E-state index contributed by atoms with van der Waals surface area (Å²) in [4.78, 5) is 25.8. The van der Waals surface area contributed by atoms with Gasteiger partial charge in [0.15, 0.2) is 0 Å². The molecule has 2 amide bonds. The average molecular weight is 523 g/mol. The van der Waals surface area contributed by atoms with Crippen LogP contribution in [0.25, 0.3) is 0 Å². The van der Waals surface area contributed by atoms with Crippen molar-refractivity contribution >= 4 is 46.6 Å². The van der Waals surface area contributed by atoms with Crippen molar-refractivity contribution in [1.29, 1.82) is 5.26 Å². The van der Waals surface area contributed by atoms with Gasteiger partial charge in [-0.05, 0) is 61.5 Å². The number of nitrogens with zero attached hydrogens (tertiary/aromatic N) is 1. The Morgan fingerprint density at radius 1 is 1.14 bits per heavy atom. The third-order valence-corrected chi connectivity index (χ3v) is 6.53. The number of carbonyl (C=O) groups excluding carboxylic acids is 2. The fourth-order valence-electron chi connectivity index (χ4n) is 3.70. The van der Waals surface area contributed by atoms with Crippen LogP contribution in [0, 0.1) is 17.1 Å². The van der Waals surface area contributed by atoms with Crippen molar-refractivity contribution in [3.8, 4) is 6.07 Å². The van der Waals surface area contributed by atoms with Crippen LogP contribution < -0.4 is 16.0 Å². The number of nitriles is 1. The Bertz CT molecular complexity index is 1400. The van der Waals surface area contributed by atoms with Crippen molar-refractivity contribution in [2.75, 3.05) is 16.4 Å². The molecule has 0 spiro atoms. The van der Waals surface area contributed by atoms with Gasteiger partial charge < -0.3 is 20.4 Å². The van der Waals surface area contributed by atoms with E-state index in [0.29, 0.717) is 32.9 Å². The normalized spacial score (nSPS) is 15.2. The minimum Gasteiger partial charge on any atom is -0.468 e. The molecule has 10 heteroatoms. The van der Waals surface area contributed by atoms with Gasteiger partial charge in [0.1, 0.15) is 11.6 Å². The first-order valence-corrected chi connectivity index (χ1v) is 12.1. The summed E-state index contributed by atoms with van der Waals surface area (Å²) in [5.74, 6) is -1.57. The van der Waals surface area contributed by atoms with Gasteiger partial charge in [0.25, 0.3) is 5.91 Å². The zero-order valence-electron chi connectivity index (χ0n) is 19.0. The number of anilines is 2. The zero-order chi connectivity index (χ0) is 25.7. The molecular weight excluding hydrogens is 503 g/mol. The molecule has 1 atom stereocenters. The Morgan fingerprint density at radius 3 is 2.58 bits per heavy atom. The minimum atomic E-state index is -0.801. The van der Waals surface area contributed by atoms with E-state index >= 15 is 0 Å². The summed E-state index contributed by atoms with van der Waals surface area (Å²) < 4.78 is 18.9. The van der Waals surface area contributed by atoms with Crippen LogP contribution in [-0.2, 0) is 9.59 Å². The third kappa shape index (κ3) is 5.79. The standard InChI is InChI=1S/C26H20ClFN4O3S/c1-15-23(25(34)32-18-9-7-17(28)8-10-18)24(21-6-3-11-35-21)20(13-29)26(30-15)36-14-22(33)31-19-5-2-4-16(27)12-19/h2-12,24,30H,14H2,1H3,(H,31,33)(H,32,34)/t24-/m1/s1. The topological polar surface area (TPSA) is 107 Å². The Morgan fingerprint density at radius 2 is 1.92 bits per heavy atom. The Hall–Kier alpha value is -4.00. The van der Waals surface area contributed by atoms with Crippen LogP contribution in [0.2, 0.25) is 5.02 Å². The van der Waals surface area contributed by atoms with E-state index in [9.17, 15) is 19.2 Å². The van der Waals surface area contributed by atoms with E-state index in [2.05, 4.69) is 22.0 Å². The first-order valence-electron chi connectivity index (χ1n) is 10.8. The van der Waals surface area contributed by atoms with E-state index in [-0.39, 0.29) is 22.8 Å². The molecule has 1 aromatic heterocycles. The number of benzene rings is 2. The number of halogens is 2. The van der Waals surface area contributed by atoms with E-state index in [1.165, 1.54) is 30.5 Å². The van der Waals surface area contributed by atoms with Crippen LogP contribution in [-0.4, -0.2) is 17.6 Å². The summed E-state index contributed by atoms with van der Waals surface area (Å²) in [7, 11) is 0. The maximum absolute atomic E-state index is 13.3. The second-order valence-corrected chi connectivity index (χ2v) is 9.20. The first-order chi connectivity index (χ1) is 17.4. The number of furan rings is 1. The number of rotatable bonds is 7. The number of nitrogens with one attached hydrogen (secondary N) is 3. The monoisotopic (exact) mass is 522 g/mol. The molecule has 0 unspecified atom stereocenters. The highest BCUT2D eigenvalue weighted by molar-refractivity contribution is 8.03. The summed E-state index contributed by atoms with van der Waals surface area (Å²) in [6.07, 6.45) is 1.46. The van der Waals surface area contributed by atoms with Gasteiger partial charge in [-0.15, -0.1) is 0 Å². The second-order valence-electron chi connectivity index (χ2n) is 7.77. The SMILES string of the molecule is CC1=C(C(=O)Nc2ccc(F)cc2)[C@@H](c2ccco2)C(C#N)=C(SCC(=O)Nc2cccc(Cl)c2)N1. The van der Waals surface area contributed by atoms with Crippen molar-refractivity contribution in [2.45, 2.75) is 12.8 Å². The van der Waals surface area contributed by atoms with Crippen molar-refractivity contribution in [3.05, 3.63) is 105 Å². The third-order valence-electron chi connectivity index (χ3n) is 5.28. The predicted molar refractivity (Wildman–Crippen MR) is 137 cm³/mol. The van der Waals surface area contributed by atoms with Gasteiger partial charge >= 0.3 is 0 Å². The molecule has 3 N–H and O–H groups in total. The van der Waals surface area contributed by atoms with Gasteiger partial charge in [-0.25, -0.2) is 4.39 Å². The Balaban J connectivity index is 1.57. The smallest absolute Gasteiger partial charge is 0.254 e. The number of amides is 2. The molecule has 182 valence electrons. The quantitative estimate of drug-likeness (QED) is 0.363. The van der Waals surface area contributed by atoms with Crippen LogP contribution in [0.4, 0.5) is 15.8 Å². The van der Waals surface area contributed by atoms with Crippen LogP contribution >= 0.6 is 23.4 Å². The highest BCUT2D eigenvalue weighted by Gasteiger charge is 2.36. The molecule has 0 bridgehead atoms. The van der Waals surface area contributed by atoms with Gasteiger partial charge in [0.05, 0.1) is 40.2 Å². The van der Waals surface area contributed by atoms with Crippen LogP contribution in [0.15, 0.2) is 93.2 Å². The molecule has 4 rings (SSSR count). The molecule has 0 aliphatic carbocycles. The maximum atomic E-state index is 13.3. The maximum Gasteiger partial charge on any atom is 0.254 e. The molecule has 2 heterocycles. The molecule has 0 radical (unpaired) electrons. The summed E-state index contributed by atoms with van der Waals surface area (Å²) in [6.45, 7) is 1.70. The van der Waals surface area contributed by atoms with Crippen molar-refractivity contribution < 1.29 is 18.4 Å². The molecule has 0 saturated carbocycles. The largest absolute Gasteiger partial charge is 0.468 e. The fraction of sp³-hybridized carbons (Fsp3) is 0.115. The predicted octanol–water partition coefficient (Wildman–Crippen LogP) is 5.78. The lowest BCUT2D eigenvalue weighted by molar-refractivity contribution is -0.114. The van der Waals surface area contributed by atoms with Crippen molar-refractivity contribution in [1.82, 2.24) is 5.32 Å². The molecule has 1 aliphatic heterocycles. The molecule has 7 nitrogen and oxygen atoms in total. The lowest BCUT2D eigenvalue weighted by Crippen LogP contribution is -2.31. The van der Waals surface area contributed by atoms with E-state index < -0.39 is 17.6 Å². The number of allylic oxidation sites excluding steroid dienone is 2. The van der Waals surface area contributed by atoms with E-state index in [1.54, 1.807) is 43.3 Å². The van der Waals surface area contributed by atoms with E-state index in [4.69, 9.17) is 16.0 Å². The minimum absolute atomic E-state index is 0.00922. The summed E-state index contributed by atoms with van der Waals surface area (Å²) in [6, 6.07) is 17.7. The molecule has 0 saturated heterocycles. The van der Waals surface area contributed by atoms with Crippen molar-refractivity contribution in [2.24, 2.45) is 0 Å². The fourth-order valence-corrected chi connectivity index (χ4v) is 4.78. The lowest BCUT2D eigenvalue weighted by atomic mass is 9.85. The van der Waals surface area contributed by atoms with Gasteiger partial charge in [0.2, 0.25) is 5.91 Å². The first kappa shape index (κ1) is 25.1. The highest BCUT2D eigenvalue weighted by Crippen LogP contribution is 2.41. The number of carbonyl (C=O) groups is 2. The Kier molecular flexibility index (Phi) is 7.78. The van der Waals surface area contributed by atoms with Gasteiger partial charge in [0, 0.05) is 22.1 Å². The number of hydrogen-bond acceptors (Lipinski definition) is 6. The van der Waals surface area contributed by atoms with Gasteiger partial charge in [-0.3, -0.25) is 9.59 Å². The van der Waals surface area contributed by atoms with Crippen molar-refractivity contribution in [3.63, 3.8) is 0 Å². The van der Waals surface area contributed by atoms with Gasteiger partial charge in [-0.1, -0.05) is 29.4 Å². The van der Waals surface area contributed by atoms with E-state index in [1.807, 2.05) is 0 Å². The number of thioether (sulfide) groups is 1. The second kappa shape index (κ2) is 11.2. The van der Waals surface area contributed by atoms with Crippen LogP contribution in [0.3, 0.4) is 0 Å². The number of hydrogen-bond donors (Lipinski definition) is 3. The average Bonchev–Trinajstić information content (AvgIpc) is 3.38. The highest BCUT2D eigenvalue weighted by atomic mass is 35.5. The molecule has 3 aromatic rings. The van der Waals surface area contributed by atoms with Crippen LogP contribution in [0.5, 0.6) is 0 Å². The number of dihydropyridines is 1. The molecular formula is C26H20ClFN4O3S. The molecule has 0 fully saturated rings. The molecule has 1 aliphatic rings.